The molecule has 0 aromatic heterocycles. The van der Waals surface area contributed by atoms with Gasteiger partial charge in [-0.25, -0.2) is 0 Å². The van der Waals surface area contributed by atoms with E-state index in [1.54, 1.807) is 18.2 Å². The van der Waals surface area contributed by atoms with E-state index in [2.05, 4.69) is 21.5 Å². The van der Waals surface area contributed by atoms with E-state index in [0.717, 1.165) is 26.2 Å². The predicted octanol–water partition coefficient (Wildman–Crippen LogP) is 4.68. The fourth-order valence-electron chi connectivity index (χ4n) is 2.84. The van der Waals surface area contributed by atoms with Crippen LogP contribution < -0.4 is 10.1 Å². The number of hydrogen-bond acceptors (Lipinski definition) is 3. The highest BCUT2D eigenvalue weighted by atomic mass is 35.5. The van der Waals surface area contributed by atoms with Gasteiger partial charge in [0.25, 0.3) is 0 Å². The molecule has 0 amide bonds. The summed E-state index contributed by atoms with van der Waals surface area (Å²) in [5.41, 5.74) is 0.501. The molecule has 1 aliphatic heterocycles. The molecule has 9 heteroatoms. The first kappa shape index (κ1) is 25.0. The lowest BCUT2D eigenvalue weighted by Gasteiger charge is -2.36. The standard InChI is InChI=1S/C17H22F4N2O.2ClH/c1-2-3-7-14(23-11-9-22-10-12-23)13-6-4-5-8-15(13)24-17(20,21)16(18)19;;/h2,4-6,8,14,16,22H,1,3,7,9-12H2;2*1H/t14-;;/m0../s1. The van der Waals surface area contributed by atoms with Crippen molar-refractivity contribution in [2.75, 3.05) is 26.2 Å². The molecule has 3 nitrogen and oxygen atoms in total. The molecule has 0 spiro atoms. The van der Waals surface area contributed by atoms with Crippen LogP contribution in [0.15, 0.2) is 36.9 Å². The molecule has 0 aliphatic carbocycles. The van der Waals surface area contributed by atoms with Crippen LogP contribution in [-0.2, 0) is 0 Å². The monoisotopic (exact) mass is 418 g/mol. The van der Waals surface area contributed by atoms with Gasteiger partial charge in [0.15, 0.2) is 0 Å². The van der Waals surface area contributed by atoms with E-state index >= 15 is 0 Å². The summed E-state index contributed by atoms with van der Waals surface area (Å²) in [5, 5.41) is 3.23. The van der Waals surface area contributed by atoms with Gasteiger partial charge in [0, 0.05) is 37.8 Å². The minimum atomic E-state index is -4.51. The summed E-state index contributed by atoms with van der Waals surface area (Å²) in [6.07, 6.45) is -5.29. The summed E-state index contributed by atoms with van der Waals surface area (Å²) in [6.45, 7) is 6.78. The fourth-order valence-corrected chi connectivity index (χ4v) is 2.84. The number of alkyl halides is 4. The largest absolute Gasteiger partial charge is 0.461 e. The number of benzene rings is 1. The molecule has 150 valence electrons. The van der Waals surface area contributed by atoms with E-state index in [-0.39, 0.29) is 36.6 Å². The Bertz CT molecular complexity index is 543. The summed E-state index contributed by atoms with van der Waals surface area (Å²) in [5.74, 6) is -0.199. The van der Waals surface area contributed by atoms with Crippen molar-refractivity contribution in [1.29, 1.82) is 0 Å². The van der Waals surface area contributed by atoms with Crippen LogP contribution >= 0.6 is 24.8 Å². The predicted molar refractivity (Wildman–Crippen MR) is 99.1 cm³/mol. The summed E-state index contributed by atoms with van der Waals surface area (Å²) >= 11 is 0. The molecule has 0 bridgehead atoms. The third kappa shape index (κ3) is 6.61. The van der Waals surface area contributed by atoms with Gasteiger partial charge in [0.2, 0.25) is 0 Å². The van der Waals surface area contributed by atoms with Crippen LogP contribution in [0.2, 0.25) is 0 Å². The summed E-state index contributed by atoms with van der Waals surface area (Å²) in [6, 6.07) is 5.99. The van der Waals surface area contributed by atoms with E-state index in [9.17, 15) is 17.6 Å². The fraction of sp³-hybridized carbons (Fsp3) is 0.529. The number of para-hydroxylation sites is 1. The van der Waals surface area contributed by atoms with Crippen LogP contribution in [-0.4, -0.2) is 43.6 Å². The summed E-state index contributed by atoms with van der Waals surface area (Å²) in [7, 11) is 0. The highest BCUT2D eigenvalue weighted by Crippen LogP contribution is 2.36. The first-order valence-electron chi connectivity index (χ1n) is 7.95. The van der Waals surface area contributed by atoms with Gasteiger partial charge in [-0.1, -0.05) is 24.3 Å². The van der Waals surface area contributed by atoms with Gasteiger partial charge in [-0.15, -0.1) is 31.4 Å². The molecular formula is C17H24Cl2F4N2O. The molecule has 1 saturated heterocycles. The Morgan fingerprint density at radius 1 is 1.19 bits per heavy atom. The number of halogens is 6. The van der Waals surface area contributed by atoms with E-state index in [4.69, 9.17) is 0 Å². The van der Waals surface area contributed by atoms with Crippen molar-refractivity contribution < 1.29 is 22.3 Å². The second-order valence-corrected chi connectivity index (χ2v) is 5.67. The third-order valence-electron chi connectivity index (χ3n) is 4.01. The van der Waals surface area contributed by atoms with Crippen molar-refractivity contribution >= 4 is 24.8 Å². The van der Waals surface area contributed by atoms with E-state index in [1.807, 2.05) is 0 Å². The van der Waals surface area contributed by atoms with Gasteiger partial charge >= 0.3 is 12.5 Å². The first-order chi connectivity index (χ1) is 11.5. The van der Waals surface area contributed by atoms with Gasteiger partial charge in [0.05, 0.1) is 0 Å². The van der Waals surface area contributed by atoms with Crippen LogP contribution in [0.1, 0.15) is 24.4 Å². The Morgan fingerprint density at radius 2 is 1.81 bits per heavy atom. The molecule has 0 unspecified atom stereocenters. The van der Waals surface area contributed by atoms with Crippen molar-refractivity contribution in [2.45, 2.75) is 31.4 Å². The van der Waals surface area contributed by atoms with Crippen LogP contribution in [0.5, 0.6) is 5.75 Å². The number of ether oxygens (including phenoxy) is 1. The lowest BCUT2D eigenvalue weighted by molar-refractivity contribution is -0.253. The molecule has 1 heterocycles. The van der Waals surface area contributed by atoms with Crippen LogP contribution in [0.3, 0.4) is 0 Å². The van der Waals surface area contributed by atoms with Crippen molar-refractivity contribution in [2.24, 2.45) is 0 Å². The maximum atomic E-state index is 13.4. The minimum absolute atomic E-state index is 0. The van der Waals surface area contributed by atoms with Crippen LogP contribution in [0.4, 0.5) is 17.6 Å². The molecule has 1 N–H and O–H groups in total. The number of rotatable bonds is 8. The zero-order valence-corrected chi connectivity index (χ0v) is 15.8. The number of hydrogen-bond donors (Lipinski definition) is 1. The molecule has 1 aromatic carbocycles. The molecule has 1 aromatic rings. The average Bonchev–Trinajstić information content (AvgIpc) is 2.57. The lowest BCUT2D eigenvalue weighted by Crippen LogP contribution is -2.45. The minimum Gasteiger partial charge on any atom is -0.428 e. The third-order valence-corrected chi connectivity index (χ3v) is 4.01. The number of allylic oxidation sites excluding steroid dienone is 1. The van der Waals surface area contributed by atoms with E-state index in [0.29, 0.717) is 18.4 Å². The smallest absolute Gasteiger partial charge is 0.428 e. The maximum absolute atomic E-state index is 13.4. The highest BCUT2D eigenvalue weighted by molar-refractivity contribution is 5.85. The topological polar surface area (TPSA) is 24.5 Å². The lowest BCUT2D eigenvalue weighted by atomic mass is 9.98. The molecule has 1 aliphatic rings. The number of nitrogens with one attached hydrogen (secondary N) is 1. The van der Waals surface area contributed by atoms with Gasteiger partial charge in [-0.3, -0.25) is 4.90 Å². The van der Waals surface area contributed by atoms with Crippen molar-refractivity contribution in [3.05, 3.63) is 42.5 Å². The second-order valence-electron chi connectivity index (χ2n) is 5.67. The Hall–Kier alpha value is -1.02. The zero-order valence-electron chi connectivity index (χ0n) is 14.2. The Labute approximate surface area is 163 Å². The van der Waals surface area contributed by atoms with Crippen molar-refractivity contribution in [1.82, 2.24) is 10.2 Å². The average molecular weight is 419 g/mol. The molecule has 1 fully saturated rings. The SMILES string of the molecule is C=CCC[C@@H](c1ccccc1OC(F)(F)C(F)F)N1CCNCC1.Cl.Cl. The quantitative estimate of drug-likeness (QED) is 0.489. The second kappa shape index (κ2) is 11.6. The normalized spacial score (nSPS) is 16.3. The molecule has 2 rings (SSSR count). The molecule has 0 radical (unpaired) electrons. The Morgan fingerprint density at radius 3 is 2.38 bits per heavy atom. The summed E-state index contributed by atoms with van der Waals surface area (Å²) < 4.78 is 56.1. The first-order valence-corrected chi connectivity index (χ1v) is 7.95. The van der Waals surface area contributed by atoms with Crippen LogP contribution in [0, 0.1) is 0 Å². The molecule has 0 saturated carbocycles. The van der Waals surface area contributed by atoms with Crippen LogP contribution in [0.25, 0.3) is 0 Å². The molecular weight excluding hydrogens is 395 g/mol. The molecule has 26 heavy (non-hydrogen) atoms. The van der Waals surface area contributed by atoms with Gasteiger partial charge in [-0.05, 0) is 18.9 Å². The zero-order chi connectivity index (χ0) is 17.6. The van der Waals surface area contributed by atoms with Crippen molar-refractivity contribution in [3.63, 3.8) is 0 Å². The van der Waals surface area contributed by atoms with Gasteiger partial charge in [-0.2, -0.15) is 17.6 Å². The van der Waals surface area contributed by atoms with Crippen molar-refractivity contribution in [3.8, 4) is 5.75 Å². The van der Waals surface area contributed by atoms with E-state index < -0.39 is 12.5 Å². The van der Waals surface area contributed by atoms with Gasteiger partial charge in [0.1, 0.15) is 5.75 Å². The Balaban J connectivity index is 0.00000312. The molecule has 1 atom stereocenters. The van der Waals surface area contributed by atoms with E-state index in [1.165, 1.54) is 12.1 Å². The number of nitrogens with zero attached hydrogens (tertiary/aromatic N) is 1. The highest BCUT2D eigenvalue weighted by Gasteiger charge is 2.44. The number of piperazine rings is 1. The maximum Gasteiger partial charge on any atom is 0.461 e. The van der Waals surface area contributed by atoms with Gasteiger partial charge < -0.3 is 10.1 Å². The Kier molecular flexibility index (Phi) is 11.2. The summed E-state index contributed by atoms with van der Waals surface area (Å²) in [4.78, 5) is 2.16.